The van der Waals surface area contributed by atoms with Crippen LogP contribution >= 0.6 is 0 Å². The Kier molecular flexibility index (Phi) is 4.88. The molecule has 0 aliphatic carbocycles. The summed E-state index contributed by atoms with van der Waals surface area (Å²) >= 11 is 0. The number of nitrogens with zero attached hydrogens (tertiary/aromatic N) is 3. The molecule has 1 aliphatic rings. The van der Waals surface area contributed by atoms with E-state index in [0.29, 0.717) is 43.4 Å². The topological polar surface area (TPSA) is 75.9 Å². The minimum absolute atomic E-state index is 0.294. The fourth-order valence-corrected chi connectivity index (χ4v) is 4.16. The summed E-state index contributed by atoms with van der Waals surface area (Å²) < 4.78 is 37.2. The van der Waals surface area contributed by atoms with Crippen LogP contribution in [-0.2, 0) is 16.6 Å². The number of ether oxygens (including phenoxy) is 1. The number of aromatic nitrogens is 1. The van der Waals surface area contributed by atoms with Gasteiger partial charge in [0, 0.05) is 32.2 Å². The molecule has 8 heteroatoms. The van der Waals surface area contributed by atoms with Crippen LogP contribution in [0.2, 0.25) is 0 Å². The molecule has 0 radical (unpaired) electrons. The Labute approximate surface area is 141 Å². The summed E-state index contributed by atoms with van der Waals surface area (Å²) in [4.78, 5) is 2.46. The smallest absolute Gasteiger partial charge is 0.243 e. The lowest BCUT2D eigenvalue weighted by Crippen LogP contribution is -2.48. The molecule has 24 heavy (non-hydrogen) atoms. The van der Waals surface area contributed by atoms with Gasteiger partial charge in [0.15, 0.2) is 5.76 Å². The van der Waals surface area contributed by atoms with E-state index >= 15 is 0 Å². The quantitative estimate of drug-likeness (QED) is 0.812. The third-order valence-electron chi connectivity index (χ3n) is 4.08. The molecule has 0 unspecified atom stereocenters. The van der Waals surface area contributed by atoms with Crippen LogP contribution in [-0.4, -0.2) is 56.1 Å². The highest BCUT2D eigenvalue weighted by Gasteiger charge is 2.28. The van der Waals surface area contributed by atoms with Crippen molar-refractivity contribution in [2.24, 2.45) is 0 Å². The van der Waals surface area contributed by atoms with Gasteiger partial charge in [-0.2, -0.15) is 4.31 Å². The summed E-state index contributed by atoms with van der Waals surface area (Å²) in [5, 5.41) is 3.87. The predicted octanol–water partition coefficient (Wildman–Crippen LogP) is 1.50. The summed E-state index contributed by atoms with van der Waals surface area (Å²) in [5.74, 6) is 1.44. The van der Waals surface area contributed by atoms with Crippen LogP contribution in [0.25, 0.3) is 0 Å². The van der Waals surface area contributed by atoms with E-state index in [1.807, 2.05) is 13.0 Å². The van der Waals surface area contributed by atoms with Crippen LogP contribution < -0.4 is 4.74 Å². The maximum Gasteiger partial charge on any atom is 0.243 e. The van der Waals surface area contributed by atoms with Gasteiger partial charge in [0.1, 0.15) is 5.75 Å². The number of sulfonamides is 1. The van der Waals surface area contributed by atoms with Crippen molar-refractivity contribution >= 4 is 10.0 Å². The second kappa shape index (κ2) is 6.92. The molecule has 2 heterocycles. The van der Waals surface area contributed by atoms with E-state index in [-0.39, 0.29) is 0 Å². The van der Waals surface area contributed by atoms with Crippen LogP contribution in [0, 0.1) is 6.92 Å². The lowest BCUT2D eigenvalue weighted by atomic mass is 10.3. The molecule has 0 bridgehead atoms. The first kappa shape index (κ1) is 16.9. The molecular formula is C16H21N3O4S. The first-order valence-corrected chi connectivity index (χ1v) is 9.22. The minimum atomic E-state index is -3.46. The van der Waals surface area contributed by atoms with E-state index in [4.69, 9.17) is 9.26 Å². The number of piperazine rings is 1. The van der Waals surface area contributed by atoms with Gasteiger partial charge >= 0.3 is 0 Å². The lowest BCUT2D eigenvalue weighted by molar-refractivity contribution is 0.166. The second-order valence-corrected chi connectivity index (χ2v) is 7.73. The van der Waals surface area contributed by atoms with Crippen LogP contribution in [0.3, 0.4) is 0 Å². The molecule has 0 amide bonds. The van der Waals surface area contributed by atoms with Gasteiger partial charge < -0.3 is 9.26 Å². The number of methoxy groups -OCH3 is 1. The van der Waals surface area contributed by atoms with Crippen molar-refractivity contribution in [1.82, 2.24) is 14.4 Å². The highest BCUT2D eigenvalue weighted by Crippen LogP contribution is 2.21. The molecule has 1 aliphatic heterocycles. The number of hydrogen-bond donors (Lipinski definition) is 0. The van der Waals surface area contributed by atoms with Crippen LogP contribution in [0.4, 0.5) is 0 Å². The molecule has 0 N–H and O–H groups in total. The van der Waals surface area contributed by atoms with Gasteiger partial charge in [-0.1, -0.05) is 5.16 Å². The Morgan fingerprint density at radius 3 is 2.38 bits per heavy atom. The summed E-state index contributed by atoms with van der Waals surface area (Å²) in [7, 11) is -1.91. The molecule has 2 aromatic rings. The monoisotopic (exact) mass is 351 g/mol. The molecule has 1 fully saturated rings. The SMILES string of the molecule is COc1ccc(S(=O)(=O)N2CCN(Cc3cc(C)no3)CC2)cc1. The van der Waals surface area contributed by atoms with Crippen molar-refractivity contribution < 1.29 is 17.7 Å². The molecule has 0 spiro atoms. The molecule has 130 valence electrons. The highest BCUT2D eigenvalue weighted by molar-refractivity contribution is 7.89. The summed E-state index contributed by atoms with van der Waals surface area (Å²) in [6.07, 6.45) is 0. The van der Waals surface area contributed by atoms with Crippen molar-refractivity contribution in [2.75, 3.05) is 33.3 Å². The maximum absolute atomic E-state index is 12.7. The van der Waals surface area contributed by atoms with Crippen LogP contribution in [0.1, 0.15) is 11.5 Å². The van der Waals surface area contributed by atoms with Gasteiger partial charge in [-0.25, -0.2) is 8.42 Å². The minimum Gasteiger partial charge on any atom is -0.497 e. The molecule has 0 atom stereocenters. The van der Waals surface area contributed by atoms with Gasteiger partial charge in [0.2, 0.25) is 10.0 Å². The average Bonchev–Trinajstić information content (AvgIpc) is 3.00. The van der Waals surface area contributed by atoms with Crippen LogP contribution in [0.15, 0.2) is 39.8 Å². The molecule has 1 aromatic carbocycles. The van der Waals surface area contributed by atoms with Gasteiger partial charge in [0.05, 0.1) is 24.2 Å². The number of benzene rings is 1. The first-order chi connectivity index (χ1) is 11.5. The lowest BCUT2D eigenvalue weighted by Gasteiger charge is -2.33. The van der Waals surface area contributed by atoms with Gasteiger partial charge in [-0.15, -0.1) is 0 Å². The molecular weight excluding hydrogens is 330 g/mol. The Morgan fingerprint density at radius 1 is 1.17 bits per heavy atom. The molecule has 3 rings (SSSR count). The van der Waals surface area contributed by atoms with E-state index in [9.17, 15) is 8.42 Å². The van der Waals surface area contributed by atoms with Gasteiger partial charge in [-0.05, 0) is 31.2 Å². The van der Waals surface area contributed by atoms with E-state index < -0.39 is 10.0 Å². The Bertz CT molecular complexity index is 778. The summed E-state index contributed by atoms with van der Waals surface area (Å²) in [5.41, 5.74) is 0.853. The first-order valence-electron chi connectivity index (χ1n) is 7.78. The molecule has 1 aromatic heterocycles. The Balaban J connectivity index is 1.62. The molecule has 1 saturated heterocycles. The van der Waals surface area contributed by atoms with Crippen molar-refractivity contribution in [3.05, 3.63) is 41.8 Å². The summed E-state index contributed by atoms with van der Waals surface area (Å²) in [6.45, 7) is 4.77. The number of aryl methyl sites for hydroxylation is 1. The van der Waals surface area contributed by atoms with Gasteiger partial charge in [-0.3, -0.25) is 4.90 Å². The zero-order valence-corrected chi connectivity index (χ0v) is 14.6. The Hall–Kier alpha value is -1.90. The normalized spacial score (nSPS) is 17.1. The van der Waals surface area contributed by atoms with E-state index in [1.54, 1.807) is 31.4 Å². The fraction of sp³-hybridized carbons (Fsp3) is 0.438. The largest absolute Gasteiger partial charge is 0.497 e. The Morgan fingerprint density at radius 2 is 1.83 bits per heavy atom. The fourth-order valence-electron chi connectivity index (χ4n) is 2.74. The average molecular weight is 351 g/mol. The van der Waals surface area contributed by atoms with E-state index in [1.165, 1.54) is 4.31 Å². The van der Waals surface area contributed by atoms with Crippen molar-refractivity contribution in [1.29, 1.82) is 0 Å². The second-order valence-electron chi connectivity index (χ2n) is 5.79. The zero-order chi connectivity index (χ0) is 17.2. The van der Waals surface area contributed by atoms with E-state index in [0.717, 1.165) is 11.5 Å². The van der Waals surface area contributed by atoms with Crippen molar-refractivity contribution in [3.63, 3.8) is 0 Å². The third-order valence-corrected chi connectivity index (χ3v) is 6.00. The van der Waals surface area contributed by atoms with Crippen molar-refractivity contribution in [2.45, 2.75) is 18.4 Å². The highest BCUT2D eigenvalue weighted by atomic mass is 32.2. The van der Waals surface area contributed by atoms with Crippen LogP contribution in [0.5, 0.6) is 5.75 Å². The molecule has 7 nitrogen and oxygen atoms in total. The third kappa shape index (κ3) is 3.61. The number of hydrogen-bond acceptors (Lipinski definition) is 6. The van der Waals surface area contributed by atoms with E-state index in [2.05, 4.69) is 10.1 Å². The standard InChI is InChI=1S/C16H21N3O4S/c1-13-11-15(23-17-13)12-18-7-9-19(10-8-18)24(20,21)16-5-3-14(22-2)4-6-16/h3-6,11H,7-10,12H2,1-2H3. The maximum atomic E-state index is 12.7. The predicted molar refractivity (Wildman–Crippen MR) is 88.3 cm³/mol. The molecule has 0 saturated carbocycles. The van der Waals surface area contributed by atoms with Gasteiger partial charge in [0.25, 0.3) is 0 Å². The summed E-state index contributed by atoms with van der Waals surface area (Å²) in [6, 6.07) is 8.39. The van der Waals surface area contributed by atoms with Crippen molar-refractivity contribution in [3.8, 4) is 5.75 Å². The number of rotatable bonds is 5. The zero-order valence-electron chi connectivity index (χ0n) is 13.8.